The molecule has 0 spiro atoms. The van der Waals surface area contributed by atoms with Crippen LogP contribution < -0.4 is 4.90 Å². The lowest BCUT2D eigenvalue weighted by atomic mass is 9.65. The van der Waals surface area contributed by atoms with Gasteiger partial charge in [0.2, 0.25) is 5.91 Å². The Labute approximate surface area is 150 Å². The Hall–Kier alpha value is -1.91. The molecule has 138 valence electrons. The molecule has 0 aromatic carbocycles. The number of amides is 1. The van der Waals surface area contributed by atoms with Gasteiger partial charge in [-0.3, -0.25) is 14.5 Å². The summed E-state index contributed by atoms with van der Waals surface area (Å²) >= 11 is 0. The molecule has 2 rings (SSSR count). The normalized spacial score (nSPS) is 25.5. The van der Waals surface area contributed by atoms with Crippen LogP contribution in [-0.4, -0.2) is 29.5 Å². The zero-order chi connectivity index (χ0) is 19.0. The minimum Gasteiger partial charge on any atom is -0.460 e. The Bertz CT molecular complexity index is 649. The molecule has 0 unspecified atom stereocenters. The summed E-state index contributed by atoms with van der Waals surface area (Å²) in [6, 6.07) is 5.49. The van der Waals surface area contributed by atoms with Gasteiger partial charge in [0.1, 0.15) is 11.4 Å². The molecule has 0 radical (unpaired) electrons. The van der Waals surface area contributed by atoms with E-state index in [2.05, 4.69) is 4.98 Å². The summed E-state index contributed by atoms with van der Waals surface area (Å²) in [4.78, 5) is 31.8. The lowest BCUT2D eigenvalue weighted by molar-refractivity contribution is -0.173. The van der Waals surface area contributed by atoms with Gasteiger partial charge in [0.15, 0.2) is 0 Å². The number of ether oxygens (including phenoxy) is 1. The molecule has 1 aromatic heterocycles. The van der Waals surface area contributed by atoms with E-state index in [0.717, 1.165) is 0 Å². The average molecular weight is 346 g/mol. The van der Waals surface area contributed by atoms with Crippen LogP contribution in [0.2, 0.25) is 0 Å². The minimum absolute atomic E-state index is 0.00372. The molecule has 1 fully saturated rings. The number of nitrogens with zero attached hydrogens (tertiary/aromatic N) is 2. The van der Waals surface area contributed by atoms with Gasteiger partial charge < -0.3 is 4.74 Å². The lowest BCUT2D eigenvalue weighted by Crippen LogP contribution is -2.48. The largest absolute Gasteiger partial charge is 0.460 e. The summed E-state index contributed by atoms with van der Waals surface area (Å²) in [5.74, 6) is 0.142. The molecule has 1 aliphatic rings. The number of carbonyl (C=O) groups excluding carboxylic acids is 2. The van der Waals surface area contributed by atoms with Crippen LogP contribution in [0, 0.1) is 16.7 Å². The third-order valence-electron chi connectivity index (χ3n) is 5.70. The van der Waals surface area contributed by atoms with E-state index in [1.54, 1.807) is 18.1 Å². The maximum Gasteiger partial charge on any atom is 0.312 e. The van der Waals surface area contributed by atoms with E-state index in [4.69, 9.17) is 4.74 Å². The first-order valence-electron chi connectivity index (χ1n) is 8.82. The Balaban J connectivity index is 2.25. The van der Waals surface area contributed by atoms with E-state index in [0.29, 0.717) is 18.7 Å². The van der Waals surface area contributed by atoms with Gasteiger partial charge in [-0.05, 0) is 58.1 Å². The predicted octanol–water partition coefficient (Wildman–Crippen LogP) is 3.83. The highest BCUT2D eigenvalue weighted by Crippen LogP contribution is 2.57. The number of esters is 1. The van der Waals surface area contributed by atoms with Gasteiger partial charge in [-0.15, -0.1) is 0 Å². The molecule has 1 aromatic rings. The fourth-order valence-corrected chi connectivity index (χ4v) is 3.59. The highest BCUT2D eigenvalue weighted by molar-refractivity contribution is 5.95. The standard InChI is InChI=1S/C20H30N2O3/c1-18(2,3)25-17(24)20(6)12-11-14(19(20,4)5)16(23)22(7)15-10-8-9-13-21-15/h8-10,13-14H,11-12H2,1-7H3/t14-,20+/m1/s1. The lowest BCUT2D eigenvalue weighted by Gasteiger charge is -2.41. The first-order chi connectivity index (χ1) is 11.4. The topological polar surface area (TPSA) is 59.5 Å². The quantitative estimate of drug-likeness (QED) is 0.781. The first-order valence-corrected chi connectivity index (χ1v) is 8.82. The second kappa shape index (κ2) is 6.43. The van der Waals surface area contributed by atoms with Crippen molar-refractivity contribution in [3.05, 3.63) is 24.4 Å². The van der Waals surface area contributed by atoms with E-state index in [9.17, 15) is 9.59 Å². The number of rotatable bonds is 3. The van der Waals surface area contributed by atoms with Crippen molar-refractivity contribution in [2.45, 2.75) is 60.0 Å². The molecule has 0 N–H and O–H groups in total. The van der Waals surface area contributed by atoms with Crippen molar-refractivity contribution in [3.63, 3.8) is 0 Å². The smallest absolute Gasteiger partial charge is 0.312 e. The van der Waals surface area contributed by atoms with Gasteiger partial charge in [0.05, 0.1) is 5.41 Å². The van der Waals surface area contributed by atoms with Gasteiger partial charge in [0.25, 0.3) is 0 Å². The number of anilines is 1. The van der Waals surface area contributed by atoms with Crippen molar-refractivity contribution in [2.24, 2.45) is 16.7 Å². The van der Waals surface area contributed by atoms with Crippen molar-refractivity contribution in [2.75, 3.05) is 11.9 Å². The monoisotopic (exact) mass is 346 g/mol. The first kappa shape index (κ1) is 19.4. The Morgan fingerprint density at radius 1 is 1.24 bits per heavy atom. The van der Waals surface area contributed by atoms with Crippen LogP contribution in [0.1, 0.15) is 54.4 Å². The van der Waals surface area contributed by atoms with Crippen LogP contribution in [0.3, 0.4) is 0 Å². The van der Waals surface area contributed by atoms with Gasteiger partial charge in [-0.2, -0.15) is 0 Å². The van der Waals surface area contributed by atoms with E-state index >= 15 is 0 Å². The molecule has 1 amide bonds. The van der Waals surface area contributed by atoms with Crippen molar-refractivity contribution >= 4 is 17.7 Å². The molecular weight excluding hydrogens is 316 g/mol. The van der Waals surface area contributed by atoms with Gasteiger partial charge in [-0.1, -0.05) is 19.9 Å². The predicted molar refractivity (Wildman–Crippen MR) is 98.1 cm³/mol. The zero-order valence-electron chi connectivity index (χ0n) is 16.4. The molecular formula is C20H30N2O3. The molecule has 2 atom stereocenters. The van der Waals surface area contributed by atoms with Gasteiger partial charge in [-0.25, -0.2) is 4.98 Å². The summed E-state index contributed by atoms with van der Waals surface area (Å²) in [5.41, 5.74) is -1.73. The van der Waals surface area contributed by atoms with Crippen LogP contribution >= 0.6 is 0 Å². The van der Waals surface area contributed by atoms with Crippen LogP contribution in [0.4, 0.5) is 5.82 Å². The highest BCUT2D eigenvalue weighted by atomic mass is 16.6. The number of hydrogen-bond donors (Lipinski definition) is 0. The van der Waals surface area contributed by atoms with Crippen molar-refractivity contribution < 1.29 is 14.3 Å². The summed E-state index contributed by atoms with van der Waals surface area (Å²) in [6.07, 6.45) is 2.98. The van der Waals surface area contributed by atoms with Crippen LogP contribution in [0.15, 0.2) is 24.4 Å². The minimum atomic E-state index is -0.689. The summed E-state index contributed by atoms with van der Waals surface area (Å²) in [6.45, 7) is 11.5. The Morgan fingerprint density at radius 2 is 1.88 bits per heavy atom. The molecule has 1 heterocycles. The van der Waals surface area contributed by atoms with Gasteiger partial charge >= 0.3 is 5.97 Å². The Morgan fingerprint density at radius 3 is 2.40 bits per heavy atom. The highest BCUT2D eigenvalue weighted by Gasteiger charge is 2.59. The van der Waals surface area contributed by atoms with Gasteiger partial charge in [0, 0.05) is 19.2 Å². The summed E-state index contributed by atoms with van der Waals surface area (Å²) in [5, 5.41) is 0. The fourth-order valence-electron chi connectivity index (χ4n) is 3.59. The SMILES string of the molecule is CN(C(=O)[C@H]1CC[C@@](C)(C(=O)OC(C)(C)C)C1(C)C)c1ccccn1. The molecule has 1 saturated carbocycles. The van der Waals surface area contributed by atoms with E-state index in [-0.39, 0.29) is 17.8 Å². The molecule has 0 bridgehead atoms. The van der Waals surface area contributed by atoms with Crippen molar-refractivity contribution in [1.29, 1.82) is 0 Å². The molecule has 1 aliphatic carbocycles. The second-order valence-corrected chi connectivity index (χ2v) is 8.73. The Kier molecular flexibility index (Phi) is 4.99. The van der Waals surface area contributed by atoms with Crippen molar-refractivity contribution in [1.82, 2.24) is 4.98 Å². The third-order valence-corrected chi connectivity index (χ3v) is 5.70. The summed E-state index contributed by atoms with van der Waals surface area (Å²) < 4.78 is 5.66. The van der Waals surface area contributed by atoms with Crippen LogP contribution in [0.5, 0.6) is 0 Å². The molecule has 5 heteroatoms. The maximum atomic E-state index is 13.1. The maximum absolute atomic E-state index is 13.1. The van der Waals surface area contributed by atoms with Crippen molar-refractivity contribution in [3.8, 4) is 0 Å². The van der Waals surface area contributed by atoms with E-state index < -0.39 is 16.4 Å². The third kappa shape index (κ3) is 3.55. The molecule has 25 heavy (non-hydrogen) atoms. The number of hydrogen-bond acceptors (Lipinski definition) is 4. The molecule has 0 aliphatic heterocycles. The molecule has 0 saturated heterocycles. The fraction of sp³-hybridized carbons (Fsp3) is 0.650. The number of pyridine rings is 1. The van der Waals surface area contributed by atoms with E-state index in [1.165, 1.54) is 0 Å². The second-order valence-electron chi connectivity index (χ2n) is 8.73. The zero-order valence-corrected chi connectivity index (χ0v) is 16.4. The number of carbonyl (C=O) groups is 2. The molecule has 5 nitrogen and oxygen atoms in total. The summed E-state index contributed by atoms with van der Waals surface area (Å²) in [7, 11) is 1.74. The van der Waals surface area contributed by atoms with Crippen LogP contribution in [0.25, 0.3) is 0 Å². The van der Waals surface area contributed by atoms with Crippen LogP contribution in [-0.2, 0) is 14.3 Å². The number of aromatic nitrogens is 1. The van der Waals surface area contributed by atoms with E-state index in [1.807, 2.05) is 59.7 Å². The average Bonchev–Trinajstić information content (AvgIpc) is 2.76.